The number of nitrogens with one attached hydrogen (secondary N) is 3. The van der Waals surface area contributed by atoms with Gasteiger partial charge in [0.05, 0.1) is 33.9 Å². The van der Waals surface area contributed by atoms with Crippen molar-refractivity contribution in [1.29, 1.82) is 0 Å². The summed E-state index contributed by atoms with van der Waals surface area (Å²) in [5.41, 5.74) is 8.32. The number of aromatic amines is 1. The van der Waals surface area contributed by atoms with E-state index in [9.17, 15) is 19.8 Å². The first-order valence-corrected chi connectivity index (χ1v) is 22.1. The van der Waals surface area contributed by atoms with Gasteiger partial charge in [-0.25, -0.2) is 4.98 Å². The fourth-order valence-corrected chi connectivity index (χ4v) is 10.4. The average molecular weight is 845 g/mol. The summed E-state index contributed by atoms with van der Waals surface area (Å²) in [5.74, 6) is -0.212. The third kappa shape index (κ3) is 8.02. The van der Waals surface area contributed by atoms with Crippen molar-refractivity contribution in [2.45, 2.75) is 95.9 Å². The Morgan fingerprint density at radius 3 is 2.61 bits per heavy atom. The van der Waals surface area contributed by atoms with E-state index < -0.39 is 18.1 Å². The van der Waals surface area contributed by atoms with Crippen LogP contribution >= 0.6 is 11.3 Å². The topological polar surface area (TPSA) is 192 Å². The van der Waals surface area contributed by atoms with Gasteiger partial charge < -0.3 is 40.0 Å². The van der Waals surface area contributed by atoms with Crippen LogP contribution in [0.5, 0.6) is 11.6 Å². The Kier molecular flexibility index (Phi) is 11.1. The van der Waals surface area contributed by atoms with E-state index in [4.69, 9.17) is 9.26 Å². The lowest BCUT2D eigenvalue weighted by atomic mass is 9.48. The van der Waals surface area contributed by atoms with Gasteiger partial charge in [0.25, 0.3) is 5.88 Å². The van der Waals surface area contributed by atoms with Crippen LogP contribution in [0.1, 0.15) is 93.5 Å². The third-order valence-corrected chi connectivity index (χ3v) is 14.1. The molecule has 5 N–H and O–H groups in total. The molecule has 0 unspecified atom stereocenters. The predicted octanol–water partition coefficient (Wildman–Crippen LogP) is 7.02. The number of hydrogen-bond acceptors (Lipinski definition) is 12. The number of aliphatic hydroxyl groups excluding tert-OH is 1. The summed E-state index contributed by atoms with van der Waals surface area (Å²) >= 11 is 1.59. The van der Waals surface area contributed by atoms with Crippen molar-refractivity contribution in [3.05, 3.63) is 95.0 Å². The number of aromatic nitrogens is 5. The van der Waals surface area contributed by atoms with Gasteiger partial charge >= 0.3 is 0 Å². The highest BCUT2D eigenvalue weighted by Gasteiger charge is 2.55. The van der Waals surface area contributed by atoms with E-state index in [-0.39, 0.29) is 47.9 Å². The molecule has 15 heteroatoms. The maximum Gasteiger partial charge on any atom is 0.254 e. The molecule has 5 atom stereocenters. The second-order valence-corrected chi connectivity index (χ2v) is 18.3. The van der Waals surface area contributed by atoms with Gasteiger partial charge in [0.15, 0.2) is 11.4 Å². The number of β-amino-alcohol motifs (C(OH)–C–C–N with tert-alkyl or cyclic N) is 1. The zero-order chi connectivity index (χ0) is 42.4. The summed E-state index contributed by atoms with van der Waals surface area (Å²) in [4.78, 5) is 38.3. The number of hydrogen-bond donors (Lipinski definition) is 5. The van der Waals surface area contributed by atoms with E-state index >= 15 is 0 Å². The van der Waals surface area contributed by atoms with Gasteiger partial charge in [0.1, 0.15) is 24.3 Å². The lowest BCUT2D eigenvalue weighted by molar-refractivity contribution is -0.141. The predicted molar refractivity (Wildman–Crippen MR) is 231 cm³/mol. The zero-order valence-corrected chi connectivity index (χ0v) is 35.6. The minimum atomic E-state index is -0.822. The number of phenolic OH excluding ortho intramolecular Hbond substituents is 1. The van der Waals surface area contributed by atoms with Crippen LogP contribution in [0.25, 0.3) is 32.7 Å². The number of carbonyl (C=O) groups excluding carboxylic acids is 2. The lowest BCUT2D eigenvalue weighted by Crippen LogP contribution is -2.59. The lowest BCUT2D eigenvalue weighted by Gasteiger charge is -2.59. The summed E-state index contributed by atoms with van der Waals surface area (Å²) in [5, 5.41) is 41.6. The molecule has 5 heterocycles. The number of thiazole rings is 1. The van der Waals surface area contributed by atoms with Crippen LogP contribution in [0.3, 0.4) is 0 Å². The number of para-hydroxylation sites is 1. The maximum atomic E-state index is 14.2. The molecule has 1 aliphatic heterocycles. The number of likely N-dealkylation sites (tertiary alicyclic amines) is 1. The van der Waals surface area contributed by atoms with Gasteiger partial charge in [-0.2, -0.15) is 0 Å². The van der Waals surface area contributed by atoms with Crippen molar-refractivity contribution >= 4 is 34.2 Å². The SMILES string of the molecule is Cc1ncsc1-c1ccc([C@H](C)NC(=O)[C@@H]2C[C@@H](O)CN2C(=O)[C@@H](c2cc(OCCN[C@@H]3CCC34CC(c3cc5cc(-c6ccccc6O)nnc5[nH]3)C4)no2)C(C)C)cc1. The first kappa shape index (κ1) is 40.7. The number of benzene rings is 2. The minimum Gasteiger partial charge on any atom is -0.507 e. The number of nitrogens with zero attached hydrogens (tertiary/aromatic N) is 5. The van der Waals surface area contributed by atoms with E-state index in [1.807, 2.05) is 75.7 Å². The highest BCUT2D eigenvalue weighted by Crippen LogP contribution is 2.62. The molecule has 0 bridgehead atoms. The monoisotopic (exact) mass is 844 g/mol. The third-order valence-electron chi connectivity index (χ3n) is 13.1. The first-order valence-electron chi connectivity index (χ1n) is 21.2. The van der Waals surface area contributed by atoms with Crippen LogP contribution in [-0.2, 0) is 9.59 Å². The molecule has 2 aromatic carbocycles. The van der Waals surface area contributed by atoms with Crippen LogP contribution in [0.4, 0.5) is 0 Å². The molecule has 2 aliphatic carbocycles. The summed E-state index contributed by atoms with van der Waals surface area (Å²) in [6.07, 6.45) is 3.82. The van der Waals surface area contributed by atoms with E-state index in [0.29, 0.717) is 48.0 Å². The molecule has 3 fully saturated rings. The number of phenols is 1. The molecular weight excluding hydrogens is 793 g/mol. The van der Waals surface area contributed by atoms with E-state index in [1.165, 1.54) is 17.0 Å². The fourth-order valence-electron chi connectivity index (χ4n) is 9.63. The maximum absolute atomic E-state index is 14.2. The molecule has 61 heavy (non-hydrogen) atoms. The summed E-state index contributed by atoms with van der Waals surface area (Å²) in [7, 11) is 0. The fraction of sp³-hybridized carbons (Fsp3) is 0.435. The molecular formula is C46H52N8O6S. The van der Waals surface area contributed by atoms with Crippen LogP contribution in [0.15, 0.2) is 76.8 Å². The van der Waals surface area contributed by atoms with Crippen molar-refractivity contribution in [3.8, 4) is 33.3 Å². The summed E-state index contributed by atoms with van der Waals surface area (Å²) in [6.45, 7) is 8.83. The molecule has 6 aromatic rings. The molecule has 14 nitrogen and oxygen atoms in total. The number of fused-ring (bicyclic) bond motifs is 1. The minimum absolute atomic E-state index is 0.0577. The molecule has 318 valence electrons. The van der Waals surface area contributed by atoms with Crippen LogP contribution < -0.4 is 15.4 Å². The number of rotatable bonds is 14. The zero-order valence-electron chi connectivity index (χ0n) is 34.8. The molecule has 2 saturated carbocycles. The second kappa shape index (κ2) is 16.7. The molecule has 0 radical (unpaired) electrons. The summed E-state index contributed by atoms with van der Waals surface area (Å²) in [6, 6.07) is 20.3. The Bertz CT molecular complexity index is 2530. The van der Waals surface area contributed by atoms with Gasteiger partial charge in [-0.05, 0) is 91.4 Å². The highest BCUT2D eigenvalue weighted by atomic mass is 32.1. The van der Waals surface area contributed by atoms with Crippen molar-refractivity contribution < 1.29 is 29.1 Å². The summed E-state index contributed by atoms with van der Waals surface area (Å²) < 4.78 is 11.7. The molecule has 4 aromatic heterocycles. The molecule has 1 saturated heterocycles. The Morgan fingerprint density at radius 1 is 1.08 bits per heavy atom. The molecule has 1 spiro atoms. The Balaban J connectivity index is 0.760. The van der Waals surface area contributed by atoms with Crippen molar-refractivity contribution in [2.24, 2.45) is 11.3 Å². The molecule has 9 rings (SSSR count). The van der Waals surface area contributed by atoms with Crippen molar-refractivity contribution in [3.63, 3.8) is 0 Å². The number of H-pyrrole nitrogens is 1. The number of amides is 2. The Morgan fingerprint density at radius 2 is 1.89 bits per heavy atom. The van der Waals surface area contributed by atoms with Crippen LogP contribution in [0, 0.1) is 18.3 Å². The Labute approximate surface area is 358 Å². The number of aliphatic hydroxyl groups is 1. The number of carbonyl (C=O) groups is 2. The van der Waals surface area contributed by atoms with Crippen LogP contribution in [-0.4, -0.2) is 90.1 Å². The molecule has 3 aliphatic rings. The van der Waals surface area contributed by atoms with Crippen molar-refractivity contribution in [1.82, 2.24) is 40.9 Å². The van der Waals surface area contributed by atoms with E-state index in [0.717, 1.165) is 52.0 Å². The van der Waals surface area contributed by atoms with E-state index in [2.05, 4.69) is 42.0 Å². The number of aryl methyl sites for hydroxylation is 1. The average Bonchev–Trinajstić information content (AvgIpc) is 4.04. The van der Waals surface area contributed by atoms with Crippen molar-refractivity contribution in [2.75, 3.05) is 19.7 Å². The van der Waals surface area contributed by atoms with E-state index in [1.54, 1.807) is 29.5 Å². The number of aromatic hydroxyl groups is 1. The highest BCUT2D eigenvalue weighted by molar-refractivity contribution is 7.13. The first-order chi connectivity index (χ1) is 29.5. The van der Waals surface area contributed by atoms with Gasteiger partial charge in [-0.3, -0.25) is 9.59 Å². The normalized spacial score (nSPS) is 23.2. The van der Waals surface area contributed by atoms with Gasteiger partial charge in [-0.15, -0.1) is 21.5 Å². The van der Waals surface area contributed by atoms with Gasteiger partial charge in [0, 0.05) is 54.2 Å². The standard InChI is InChI=1S/C46H52N8O6S/c1-25(2)41(45(58)54-23-32(55)19-36(54)44(57)49-26(3)28-9-11-29(12-10-28)42-27(4)48-24-61-42)38-20-40(53-60-38)59-16-15-47-39-13-14-46(39)21-31(22-46)34-17-30-18-35(51-52-43(30)50-34)33-7-5-6-8-37(33)56/h5-12,17-18,20,24-26,31-32,36,39,41,47,55-56H,13-16,19,21-23H2,1-4H3,(H,49,57)(H,50,52)/t26-,31?,32+,36-,39+,41+,46?/m0/s1. The van der Waals surface area contributed by atoms with Gasteiger partial charge in [0.2, 0.25) is 11.8 Å². The number of ether oxygens (including phenoxy) is 1. The second-order valence-electron chi connectivity index (χ2n) is 17.4. The van der Waals surface area contributed by atoms with Crippen LogP contribution in [0.2, 0.25) is 0 Å². The Hall–Kier alpha value is -5.64. The largest absolute Gasteiger partial charge is 0.507 e. The molecule has 2 amide bonds. The smallest absolute Gasteiger partial charge is 0.254 e. The quantitative estimate of drug-likeness (QED) is 0.0708. The van der Waals surface area contributed by atoms with Gasteiger partial charge in [-0.1, -0.05) is 50.2 Å².